The van der Waals surface area contributed by atoms with Gasteiger partial charge in [0.25, 0.3) is 0 Å². The normalized spacial score (nSPS) is 16.3. The van der Waals surface area contributed by atoms with E-state index >= 15 is 0 Å². The molecule has 3 heterocycles. The van der Waals surface area contributed by atoms with Gasteiger partial charge >= 0.3 is 0 Å². The maximum Gasteiger partial charge on any atom is 0.229 e. The molecule has 0 bridgehead atoms. The quantitative estimate of drug-likeness (QED) is 0.486. The monoisotopic (exact) mass is 425 g/mol. The fourth-order valence-electron chi connectivity index (χ4n) is 3.70. The lowest BCUT2D eigenvalue weighted by atomic mass is 9.86. The number of benzene rings is 1. The lowest BCUT2D eigenvalue weighted by Crippen LogP contribution is -2.32. The summed E-state index contributed by atoms with van der Waals surface area (Å²) < 4.78 is 0. The molecular formula is C21H24ClN7O. The Balaban J connectivity index is 1.56. The van der Waals surface area contributed by atoms with Gasteiger partial charge in [-0.2, -0.15) is 10.1 Å². The Hall–Kier alpha value is -3.13. The highest BCUT2D eigenvalue weighted by atomic mass is 35.5. The van der Waals surface area contributed by atoms with E-state index in [1.54, 1.807) is 6.20 Å². The highest BCUT2D eigenvalue weighted by molar-refractivity contribution is 6.32. The second-order valence-electron chi connectivity index (χ2n) is 7.64. The number of anilines is 4. The zero-order chi connectivity index (χ0) is 21.3. The van der Waals surface area contributed by atoms with Gasteiger partial charge in [-0.25, -0.2) is 4.98 Å². The van der Waals surface area contributed by atoms with Gasteiger partial charge in [-0.1, -0.05) is 17.7 Å². The van der Waals surface area contributed by atoms with Crippen molar-refractivity contribution in [2.45, 2.75) is 39.5 Å². The lowest BCUT2D eigenvalue weighted by molar-refractivity contribution is -0.122. The molecule has 156 valence electrons. The minimum atomic E-state index is 0.118. The molecule has 1 amide bonds. The van der Waals surface area contributed by atoms with Crippen LogP contribution in [0.1, 0.15) is 41.1 Å². The van der Waals surface area contributed by atoms with Gasteiger partial charge in [0.1, 0.15) is 5.02 Å². The molecule has 0 spiro atoms. The van der Waals surface area contributed by atoms with Gasteiger partial charge < -0.3 is 16.0 Å². The van der Waals surface area contributed by atoms with Crippen LogP contribution in [0.3, 0.4) is 0 Å². The number of hydrogen-bond donors (Lipinski definition) is 4. The fourth-order valence-corrected chi connectivity index (χ4v) is 3.84. The van der Waals surface area contributed by atoms with Crippen molar-refractivity contribution in [1.82, 2.24) is 25.5 Å². The number of aryl methyl sites for hydroxylation is 3. The van der Waals surface area contributed by atoms with Gasteiger partial charge in [-0.3, -0.25) is 9.89 Å². The minimum Gasteiger partial charge on any atom is -0.356 e. The van der Waals surface area contributed by atoms with E-state index in [2.05, 4.69) is 55.2 Å². The van der Waals surface area contributed by atoms with Crippen LogP contribution >= 0.6 is 11.6 Å². The van der Waals surface area contributed by atoms with Crippen LogP contribution in [-0.2, 0) is 4.79 Å². The number of carbonyl (C=O) groups excluding carboxylic acids is 1. The summed E-state index contributed by atoms with van der Waals surface area (Å²) in [5, 5.41) is 16.7. The van der Waals surface area contributed by atoms with E-state index in [-0.39, 0.29) is 11.8 Å². The van der Waals surface area contributed by atoms with Crippen LogP contribution < -0.4 is 16.0 Å². The van der Waals surface area contributed by atoms with Gasteiger partial charge in [0.2, 0.25) is 11.9 Å². The maximum atomic E-state index is 11.8. The van der Waals surface area contributed by atoms with Crippen molar-refractivity contribution in [3.8, 4) is 0 Å². The Bertz CT molecular complexity index is 1090. The number of hydrogen-bond acceptors (Lipinski definition) is 6. The van der Waals surface area contributed by atoms with E-state index in [9.17, 15) is 4.79 Å². The summed E-state index contributed by atoms with van der Waals surface area (Å²) >= 11 is 6.25. The highest BCUT2D eigenvalue weighted by Gasteiger charge is 2.22. The number of rotatable bonds is 5. The maximum absolute atomic E-state index is 11.8. The predicted octanol–water partition coefficient (Wildman–Crippen LogP) is 4.26. The molecule has 1 atom stereocenters. The molecule has 1 saturated heterocycles. The van der Waals surface area contributed by atoms with Gasteiger partial charge in [0, 0.05) is 30.4 Å². The number of aromatic nitrogens is 4. The van der Waals surface area contributed by atoms with E-state index in [0.717, 1.165) is 35.5 Å². The standard InChI is InChI=1S/C21H24ClN7O/c1-11-7-17(12(2)6-15(11)14-4-5-23-19(30)9-14)25-21-24-10-16(22)20(27-21)26-18-8-13(3)28-29-18/h6-8,10,14H,4-5,9H2,1-3H3,(H,23,30)(H3,24,25,26,27,28,29). The molecule has 1 fully saturated rings. The smallest absolute Gasteiger partial charge is 0.229 e. The first-order valence-electron chi connectivity index (χ1n) is 9.85. The molecule has 4 N–H and O–H groups in total. The number of carbonyl (C=O) groups is 1. The topological polar surface area (TPSA) is 108 Å². The molecule has 0 saturated carbocycles. The summed E-state index contributed by atoms with van der Waals surface area (Å²) in [5.41, 5.74) is 5.28. The summed E-state index contributed by atoms with van der Waals surface area (Å²) in [4.78, 5) is 20.6. The molecule has 30 heavy (non-hydrogen) atoms. The van der Waals surface area contributed by atoms with Crippen LogP contribution in [0.2, 0.25) is 5.02 Å². The zero-order valence-corrected chi connectivity index (χ0v) is 17.9. The third-order valence-electron chi connectivity index (χ3n) is 5.24. The molecular weight excluding hydrogens is 402 g/mol. The SMILES string of the molecule is Cc1cc(Nc2nc(Nc3cc(C)c(C4CCNC(=O)C4)cc3C)ncc2Cl)n[nH]1. The summed E-state index contributed by atoms with van der Waals surface area (Å²) in [6.07, 6.45) is 3.05. The second-order valence-corrected chi connectivity index (χ2v) is 8.05. The van der Waals surface area contributed by atoms with Crippen LogP contribution in [0.15, 0.2) is 24.4 Å². The van der Waals surface area contributed by atoms with Crippen molar-refractivity contribution >= 4 is 40.8 Å². The third-order valence-corrected chi connectivity index (χ3v) is 5.52. The number of amides is 1. The van der Waals surface area contributed by atoms with Gasteiger partial charge in [0.05, 0.1) is 6.20 Å². The largest absolute Gasteiger partial charge is 0.356 e. The van der Waals surface area contributed by atoms with Crippen molar-refractivity contribution in [3.05, 3.63) is 51.8 Å². The molecule has 1 aromatic carbocycles. The summed E-state index contributed by atoms with van der Waals surface area (Å²) in [5.74, 6) is 1.91. The molecule has 1 aliphatic heterocycles. The molecule has 2 aromatic heterocycles. The van der Waals surface area contributed by atoms with Gasteiger partial charge in [-0.05, 0) is 55.9 Å². The number of nitrogens with one attached hydrogen (secondary N) is 4. The first-order chi connectivity index (χ1) is 14.4. The second kappa shape index (κ2) is 8.31. The first kappa shape index (κ1) is 20.2. The van der Waals surface area contributed by atoms with Crippen LogP contribution in [0.5, 0.6) is 0 Å². The molecule has 0 aliphatic carbocycles. The number of nitrogens with zero attached hydrogens (tertiary/aromatic N) is 3. The third kappa shape index (κ3) is 4.38. The molecule has 1 unspecified atom stereocenters. The first-order valence-corrected chi connectivity index (χ1v) is 10.2. The van der Waals surface area contributed by atoms with Gasteiger partial charge in [-0.15, -0.1) is 0 Å². The van der Waals surface area contributed by atoms with E-state index in [0.29, 0.717) is 29.0 Å². The molecule has 0 radical (unpaired) electrons. The van der Waals surface area contributed by atoms with Crippen molar-refractivity contribution in [3.63, 3.8) is 0 Å². The van der Waals surface area contributed by atoms with Gasteiger partial charge in [0.15, 0.2) is 11.6 Å². The van der Waals surface area contributed by atoms with E-state index in [4.69, 9.17) is 11.6 Å². The molecule has 9 heteroatoms. The van der Waals surface area contributed by atoms with Crippen LogP contribution in [0, 0.1) is 20.8 Å². The number of piperidine rings is 1. The van der Waals surface area contributed by atoms with E-state index in [1.165, 1.54) is 5.56 Å². The Morgan fingerprint density at radius 3 is 2.70 bits per heavy atom. The van der Waals surface area contributed by atoms with Crippen molar-refractivity contribution < 1.29 is 4.79 Å². The van der Waals surface area contributed by atoms with Crippen molar-refractivity contribution in [2.75, 3.05) is 17.2 Å². The van der Waals surface area contributed by atoms with E-state index < -0.39 is 0 Å². The van der Waals surface area contributed by atoms with Crippen molar-refractivity contribution in [1.29, 1.82) is 0 Å². The number of halogens is 1. The predicted molar refractivity (Wildman–Crippen MR) is 118 cm³/mol. The molecule has 4 rings (SSSR count). The zero-order valence-electron chi connectivity index (χ0n) is 17.1. The van der Waals surface area contributed by atoms with E-state index in [1.807, 2.05) is 19.9 Å². The number of H-pyrrole nitrogens is 1. The minimum absolute atomic E-state index is 0.118. The summed E-state index contributed by atoms with van der Waals surface area (Å²) in [6.45, 7) is 6.75. The Morgan fingerprint density at radius 1 is 1.13 bits per heavy atom. The Labute approximate surface area is 179 Å². The molecule has 1 aliphatic rings. The Morgan fingerprint density at radius 2 is 1.97 bits per heavy atom. The average molecular weight is 426 g/mol. The van der Waals surface area contributed by atoms with Crippen molar-refractivity contribution in [2.24, 2.45) is 0 Å². The average Bonchev–Trinajstić information content (AvgIpc) is 3.11. The fraction of sp³-hybridized carbons (Fsp3) is 0.333. The van der Waals surface area contributed by atoms with Crippen LogP contribution in [0.25, 0.3) is 0 Å². The molecule has 3 aromatic rings. The highest BCUT2D eigenvalue weighted by Crippen LogP contribution is 2.33. The van der Waals surface area contributed by atoms with Crippen LogP contribution in [-0.4, -0.2) is 32.6 Å². The summed E-state index contributed by atoms with van der Waals surface area (Å²) in [6, 6.07) is 6.10. The number of aromatic amines is 1. The van der Waals surface area contributed by atoms with Crippen LogP contribution in [0.4, 0.5) is 23.3 Å². The Kier molecular flexibility index (Phi) is 5.59. The lowest BCUT2D eigenvalue weighted by Gasteiger charge is -2.25. The molecule has 8 nitrogen and oxygen atoms in total. The summed E-state index contributed by atoms with van der Waals surface area (Å²) in [7, 11) is 0.